The molecule has 6 heteroatoms. The van der Waals surface area contributed by atoms with Crippen LogP contribution in [0.5, 0.6) is 0 Å². The van der Waals surface area contributed by atoms with Crippen molar-refractivity contribution in [3.63, 3.8) is 0 Å². The van der Waals surface area contributed by atoms with Gasteiger partial charge in [-0.1, -0.05) is 28.1 Å². The Morgan fingerprint density at radius 1 is 1.05 bits per heavy atom. The third kappa shape index (κ3) is 3.21. The summed E-state index contributed by atoms with van der Waals surface area (Å²) < 4.78 is 0.979. The van der Waals surface area contributed by atoms with Crippen molar-refractivity contribution < 1.29 is 4.79 Å². The molecule has 0 bridgehead atoms. The standard InChI is InChI=1S/C16H12BrN3O.ClH/c17-12-3-1-11(2-4-12)15-13(16(18)21)9-14(20-15)10-5-7-19-8-6-10;/h1-9,20H,(H2,18,21);1H. The number of aromatic amines is 1. The highest BCUT2D eigenvalue weighted by Gasteiger charge is 2.15. The highest BCUT2D eigenvalue weighted by molar-refractivity contribution is 9.10. The largest absolute Gasteiger partial charge is 0.366 e. The molecule has 2 heterocycles. The molecule has 3 N–H and O–H groups in total. The fraction of sp³-hybridized carbons (Fsp3) is 0. The molecule has 3 aromatic rings. The van der Waals surface area contributed by atoms with Gasteiger partial charge in [0.25, 0.3) is 5.91 Å². The number of carbonyl (C=O) groups is 1. The van der Waals surface area contributed by atoms with Crippen LogP contribution in [0, 0.1) is 0 Å². The van der Waals surface area contributed by atoms with E-state index in [1.54, 1.807) is 18.5 Å². The first-order valence-corrected chi connectivity index (χ1v) is 7.13. The van der Waals surface area contributed by atoms with Crippen LogP contribution < -0.4 is 5.73 Å². The van der Waals surface area contributed by atoms with Crippen molar-refractivity contribution in [2.45, 2.75) is 0 Å². The van der Waals surface area contributed by atoms with Gasteiger partial charge in [0.05, 0.1) is 11.3 Å². The number of H-pyrrole nitrogens is 1. The zero-order valence-electron chi connectivity index (χ0n) is 11.4. The molecule has 0 radical (unpaired) electrons. The quantitative estimate of drug-likeness (QED) is 0.722. The van der Waals surface area contributed by atoms with Gasteiger partial charge in [0.15, 0.2) is 0 Å². The number of nitrogens with one attached hydrogen (secondary N) is 1. The van der Waals surface area contributed by atoms with E-state index in [0.717, 1.165) is 27.0 Å². The van der Waals surface area contributed by atoms with Crippen molar-refractivity contribution in [1.29, 1.82) is 0 Å². The van der Waals surface area contributed by atoms with Crippen LogP contribution in [-0.2, 0) is 0 Å². The second kappa shape index (κ2) is 6.77. The SMILES string of the molecule is Cl.NC(=O)c1cc(-c2ccncc2)[nH]c1-c1ccc(Br)cc1. The number of benzene rings is 1. The molecule has 22 heavy (non-hydrogen) atoms. The van der Waals surface area contributed by atoms with E-state index in [4.69, 9.17) is 5.73 Å². The van der Waals surface area contributed by atoms with E-state index in [0.29, 0.717) is 5.56 Å². The second-order valence-corrected chi connectivity index (χ2v) is 5.49. The molecule has 0 saturated carbocycles. The van der Waals surface area contributed by atoms with Crippen LogP contribution in [0.15, 0.2) is 59.3 Å². The number of aromatic nitrogens is 2. The second-order valence-electron chi connectivity index (χ2n) is 4.58. The van der Waals surface area contributed by atoms with Gasteiger partial charge in [-0.05, 0) is 35.9 Å². The number of nitrogens with zero attached hydrogens (tertiary/aromatic N) is 1. The summed E-state index contributed by atoms with van der Waals surface area (Å²) in [6.45, 7) is 0. The third-order valence-electron chi connectivity index (χ3n) is 3.21. The lowest BCUT2D eigenvalue weighted by Crippen LogP contribution is -2.11. The molecule has 0 fully saturated rings. The Hall–Kier alpha value is -2.11. The maximum Gasteiger partial charge on any atom is 0.250 e. The predicted octanol–water partition coefficient (Wildman–Crippen LogP) is 4.03. The van der Waals surface area contributed by atoms with Gasteiger partial charge in [-0.15, -0.1) is 12.4 Å². The first kappa shape index (κ1) is 16.3. The first-order valence-electron chi connectivity index (χ1n) is 6.34. The molecular formula is C16H13BrClN3O. The summed E-state index contributed by atoms with van der Waals surface area (Å²) in [7, 11) is 0. The summed E-state index contributed by atoms with van der Waals surface area (Å²) in [6.07, 6.45) is 3.42. The number of nitrogens with two attached hydrogens (primary N) is 1. The van der Waals surface area contributed by atoms with Crippen LogP contribution in [-0.4, -0.2) is 15.9 Å². The summed E-state index contributed by atoms with van der Waals surface area (Å²) in [6, 6.07) is 13.2. The van der Waals surface area contributed by atoms with Crippen molar-refractivity contribution in [3.05, 3.63) is 64.9 Å². The number of hydrogen-bond acceptors (Lipinski definition) is 2. The van der Waals surface area contributed by atoms with Crippen molar-refractivity contribution in [2.75, 3.05) is 0 Å². The van der Waals surface area contributed by atoms with Crippen molar-refractivity contribution in [2.24, 2.45) is 5.73 Å². The molecule has 0 aliphatic carbocycles. The van der Waals surface area contributed by atoms with E-state index in [9.17, 15) is 4.79 Å². The number of primary amides is 1. The predicted molar refractivity (Wildman–Crippen MR) is 92.9 cm³/mol. The summed E-state index contributed by atoms with van der Waals surface area (Å²) in [4.78, 5) is 19.0. The molecule has 0 aliphatic heterocycles. The Morgan fingerprint density at radius 2 is 1.68 bits per heavy atom. The Bertz CT molecular complexity index is 785. The molecule has 0 atom stereocenters. The number of rotatable bonds is 3. The topological polar surface area (TPSA) is 71.8 Å². The van der Waals surface area contributed by atoms with Gasteiger partial charge in [-0.3, -0.25) is 9.78 Å². The van der Waals surface area contributed by atoms with Gasteiger partial charge in [0.1, 0.15) is 0 Å². The van der Waals surface area contributed by atoms with Gasteiger partial charge in [0, 0.05) is 28.1 Å². The van der Waals surface area contributed by atoms with E-state index >= 15 is 0 Å². The lowest BCUT2D eigenvalue weighted by molar-refractivity contribution is 0.100. The van der Waals surface area contributed by atoms with Crippen molar-refractivity contribution in [3.8, 4) is 22.5 Å². The number of carbonyl (C=O) groups excluding carboxylic acids is 1. The fourth-order valence-corrected chi connectivity index (χ4v) is 2.44. The minimum absolute atomic E-state index is 0. The van der Waals surface area contributed by atoms with Crippen LogP contribution >= 0.6 is 28.3 Å². The van der Waals surface area contributed by atoms with E-state index in [1.807, 2.05) is 36.4 Å². The average molecular weight is 379 g/mol. The maximum absolute atomic E-state index is 11.7. The van der Waals surface area contributed by atoms with Crippen molar-refractivity contribution in [1.82, 2.24) is 9.97 Å². The molecule has 0 saturated heterocycles. The number of amides is 1. The molecule has 4 nitrogen and oxygen atoms in total. The van der Waals surface area contributed by atoms with Gasteiger partial charge in [-0.2, -0.15) is 0 Å². The van der Waals surface area contributed by atoms with Crippen LogP contribution in [0.1, 0.15) is 10.4 Å². The molecule has 3 rings (SSSR count). The van der Waals surface area contributed by atoms with Crippen LogP contribution in [0.25, 0.3) is 22.5 Å². The number of halogens is 2. The number of hydrogen-bond donors (Lipinski definition) is 2. The monoisotopic (exact) mass is 377 g/mol. The zero-order chi connectivity index (χ0) is 14.8. The van der Waals surface area contributed by atoms with Gasteiger partial charge >= 0.3 is 0 Å². The lowest BCUT2D eigenvalue weighted by Gasteiger charge is -2.02. The summed E-state index contributed by atoms with van der Waals surface area (Å²) in [5.41, 5.74) is 9.39. The van der Waals surface area contributed by atoms with Gasteiger partial charge in [-0.25, -0.2) is 0 Å². The summed E-state index contributed by atoms with van der Waals surface area (Å²) in [5.74, 6) is -0.454. The zero-order valence-corrected chi connectivity index (χ0v) is 13.8. The molecule has 1 amide bonds. The molecule has 1 aromatic carbocycles. The Morgan fingerprint density at radius 3 is 2.27 bits per heavy atom. The molecule has 0 unspecified atom stereocenters. The van der Waals surface area contributed by atoms with Crippen LogP contribution in [0.2, 0.25) is 0 Å². The fourth-order valence-electron chi connectivity index (χ4n) is 2.18. The lowest BCUT2D eigenvalue weighted by atomic mass is 10.1. The highest BCUT2D eigenvalue weighted by atomic mass is 79.9. The minimum Gasteiger partial charge on any atom is -0.366 e. The summed E-state index contributed by atoms with van der Waals surface area (Å²) in [5, 5.41) is 0. The summed E-state index contributed by atoms with van der Waals surface area (Å²) >= 11 is 3.40. The van der Waals surface area contributed by atoms with Crippen LogP contribution in [0.4, 0.5) is 0 Å². The normalized spacial score (nSPS) is 10.0. The maximum atomic E-state index is 11.7. The van der Waals surface area contributed by atoms with Gasteiger partial charge in [0.2, 0.25) is 0 Å². The van der Waals surface area contributed by atoms with Crippen LogP contribution in [0.3, 0.4) is 0 Å². The van der Waals surface area contributed by atoms with E-state index in [1.165, 1.54) is 0 Å². The Kier molecular flexibility index (Phi) is 5.00. The van der Waals surface area contributed by atoms with Gasteiger partial charge < -0.3 is 10.7 Å². The molecule has 112 valence electrons. The molecule has 2 aromatic heterocycles. The smallest absolute Gasteiger partial charge is 0.250 e. The molecular weight excluding hydrogens is 366 g/mol. The third-order valence-corrected chi connectivity index (χ3v) is 3.74. The van der Waals surface area contributed by atoms with E-state index < -0.39 is 5.91 Å². The molecule has 0 spiro atoms. The van der Waals surface area contributed by atoms with E-state index in [2.05, 4.69) is 25.9 Å². The highest BCUT2D eigenvalue weighted by Crippen LogP contribution is 2.29. The number of pyridine rings is 1. The average Bonchev–Trinajstić information content (AvgIpc) is 2.94. The first-order chi connectivity index (χ1) is 10.1. The molecule has 0 aliphatic rings. The van der Waals surface area contributed by atoms with Crippen molar-refractivity contribution >= 4 is 34.2 Å². The Balaban J connectivity index is 0.00000176. The minimum atomic E-state index is -0.454. The van der Waals surface area contributed by atoms with E-state index in [-0.39, 0.29) is 12.4 Å². The Labute approximate surface area is 142 Å².